The number of nitrogens with zero attached hydrogens (tertiary/aromatic N) is 1. The number of esters is 1. The number of benzene rings is 2. The van der Waals surface area contributed by atoms with Crippen LogP contribution in [0.1, 0.15) is 40.7 Å². The van der Waals surface area contributed by atoms with Gasteiger partial charge in [-0.05, 0) is 49.6 Å². The lowest BCUT2D eigenvalue weighted by Crippen LogP contribution is -2.36. The van der Waals surface area contributed by atoms with Gasteiger partial charge in [0.15, 0.2) is 0 Å². The van der Waals surface area contributed by atoms with Crippen molar-refractivity contribution in [2.75, 3.05) is 13.1 Å². The van der Waals surface area contributed by atoms with Gasteiger partial charge < -0.3 is 4.74 Å². The predicted octanol–water partition coefficient (Wildman–Crippen LogP) is 4.32. The van der Waals surface area contributed by atoms with E-state index in [2.05, 4.69) is 0 Å². The quantitative estimate of drug-likeness (QED) is 0.669. The summed E-state index contributed by atoms with van der Waals surface area (Å²) in [5, 5.41) is 0.157. The molecule has 3 rings (SSSR count). The maximum Gasteiger partial charge on any atom is 0.338 e. The van der Waals surface area contributed by atoms with Crippen molar-refractivity contribution in [1.29, 1.82) is 0 Å². The Hall–Kier alpha value is -1.96. The van der Waals surface area contributed by atoms with Gasteiger partial charge >= 0.3 is 5.97 Å². The Morgan fingerprint density at radius 2 is 1.89 bits per heavy atom. The molecule has 1 aliphatic heterocycles. The van der Waals surface area contributed by atoms with Crippen LogP contribution in [-0.4, -0.2) is 31.8 Å². The topological polar surface area (TPSA) is 63.7 Å². The minimum Gasteiger partial charge on any atom is -0.457 e. The first kappa shape index (κ1) is 20.8. The van der Waals surface area contributed by atoms with E-state index >= 15 is 0 Å². The third kappa shape index (κ3) is 4.37. The molecule has 0 bridgehead atoms. The maximum absolute atomic E-state index is 13.8. The number of hydrogen-bond donors (Lipinski definition) is 0. The second-order valence-corrected chi connectivity index (χ2v) is 9.03. The van der Waals surface area contributed by atoms with Gasteiger partial charge in [-0.1, -0.05) is 30.2 Å². The number of piperidine rings is 1. The van der Waals surface area contributed by atoms with Crippen molar-refractivity contribution in [1.82, 2.24) is 4.31 Å². The molecule has 0 amide bonds. The number of ether oxygens (including phenoxy) is 1. The first-order chi connectivity index (χ1) is 13.3. The fourth-order valence-corrected chi connectivity index (χ4v) is 5.13. The molecule has 0 spiro atoms. The molecule has 0 radical (unpaired) electrons. The monoisotopic (exact) mass is 425 g/mol. The molecule has 1 heterocycles. The van der Waals surface area contributed by atoms with Crippen molar-refractivity contribution in [3.8, 4) is 0 Å². The van der Waals surface area contributed by atoms with Crippen LogP contribution in [0.2, 0.25) is 5.02 Å². The summed E-state index contributed by atoms with van der Waals surface area (Å²) in [5.74, 6) is -1.31. The Kier molecular flexibility index (Phi) is 6.37. The molecule has 1 aliphatic rings. The lowest BCUT2D eigenvalue weighted by molar-refractivity contribution is 0.0469. The highest BCUT2D eigenvalue weighted by Gasteiger charge is 2.28. The molecule has 150 valence electrons. The molecule has 0 N–H and O–H groups in total. The van der Waals surface area contributed by atoms with Crippen LogP contribution in [0.3, 0.4) is 0 Å². The van der Waals surface area contributed by atoms with Crippen LogP contribution in [-0.2, 0) is 21.4 Å². The summed E-state index contributed by atoms with van der Waals surface area (Å²) in [6.45, 7) is 2.29. The van der Waals surface area contributed by atoms with E-state index in [9.17, 15) is 17.6 Å². The number of sulfonamides is 1. The van der Waals surface area contributed by atoms with Crippen LogP contribution in [0.5, 0.6) is 0 Å². The zero-order chi connectivity index (χ0) is 20.3. The van der Waals surface area contributed by atoms with E-state index in [1.165, 1.54) is 34.6 Å². The van der Waals surface area contributed by atoms with Gasteiger partial charge in [0.2, 0.25) is 10.0 Å². The molecule has 1 fully saturated rings. The number of carbonyl (C=O) groups is 1. The molecular weight excluding hydrogens is 405 g/mol. The molecule has 0 atom stereocenters. The van der Waals surface area contributed by atoms with Gasteiger partial charge in [-0.2, -0.15) is 4.31 Å². The maximum atomic E-state index is 13.8. The minimum absolute atomic E-state index is 0.0748. The van der Waals surface area contributed by atoms with Gasteiger partial charge in [-0.3, -0.25) is 0 Å². The lowest BCUT2D eigenvalue weighted by Gasteiger charge is -2.26. The Bertz CT molecular complexity index is 967. The van der Waals surface area contributed by atoms with E-state index in [1.54, 1.807) is 13.0 Å². The number of hydrogen-bond acceptors (Lipinski definition) is 4. The van der Waals surface area contributed by atoms with E-state index < -0.39 is 21.8 Å². The van der Waals surface area contributed by atoms with Gasteiger partial charge in [0.05, 0.1) is 15.5 Å². The lowest BCUT2D eigenvalue weighted by atomic mass is 10.1. The molecule has 5 nitrogen and oxygen atoms in total. The number of carbonyl (C=O) groups excluding carboxylic acids is 1. The zero-order valence-corrected chi connectivity index (χ0v) is 17.0. The van der Waals surface area contributed by atoms with Crippen molar-refractivity contribution >= 4 is 27.6 Å². The smallest absolute Gasteiger partial charge is 0.338 e. The summed E-state index contributed by atoms with van der Waals surface area (Å²) < 4.78 is 46.3. The fraction of sp³-hybridized carbons (Fsp3) is 0.350. The Morgan fingerprint density at radius 3 is 2.57 bits per heavy atom. The highest BCUT2D eigenvalue weighted by Crippen LogP contribution is 2.25. The van der Waals surface area contributed by atoms with Crippen LogP contribution in [0.15, 0.2) is 41.3 Å². The van der Waals surface area contributed by atoms with Gasteiger partial charge in [0.25, 0.3) is 0 Å². The first-order valence-corrected chi connectivity index (χ1v) is 10.8. The average Bonchev–Trinajstić information content (AvgIpc) is 2.68. The highest BCUT2D eigenvalue weighted by molar-refractivity contribution is 7.89. The number of aryl methyl sites for hydroxylation is 1. The van der Waals surface area contributed by atoms with E-state index in [4.69, 9.17) is 16.3 Å². The number of rotatable bonds is 5. The van der Waals surface area contributed by atoms with E-state index in [1.807, 2.05) is 0 Å². The van der Waals surface area contributed by atoms with Crippen molar-refractivity contribution < 1.29 is 22.3 Å². The molecular formula is C20H21ClFNO4S. The molecule has 2 aromatic rings. The summed E-state index contributed by atoms with van der Waals surface area (Å²) >= 11 is 5.93. The fourth-order valence-electron chi connectivity index (χ4n) is 3.14. The average molecular weight is 426 g/mol. The van der Waals surface area contributed by atoms with Crippen LogP contribution in [0, 0.1) is 12.7 Å². The Labute approximate surface area is 169 Å². The second-order valence-electron chi connectivity index (χ2n) is 6.72. The number of halogens is 2. The van der Waals surface area contributed by atoms with Gasteiger partial charge in [0.1, 0.15) is 12.4 Å². The normalized spacial score (nSPS) is 15.4. The second kappa shape index (κ2) is 8.59. The van der Waals surface area contributed by atoms with Crippen LogP contribution >= 0.6 is 11.6 Å². The largest absolute Gasteiger partial charge is 0.457 e. The molecule has 8 heteroatoms. The summed E-state index contributed by atoms with van der Waals surface area (Å²) in [5.41, 5.74) is 0.721. The first-order valence-electron chi connectivity index (χ1n) is 9.01. The van der Waals surface area contributed by atoms with Gasteiger partial charge in [-0.15, -0.1) is 0 Å². The van der Waals surface area contributed by atoms with Gasteiger partial charge in [0, 0.05) is 18.7 Å². The summed E-state index contributed by atoms with van der Waals surface area (Å²) in [7, 11) is -3.68. The molecule has 2 aromatic carbocycles. The SMILES string of the molecule is Cc1ccc(C(=O)OCc2c(F)cccc2Cl)cc1S(=O)(=O)N1CCCCC1. The third-order valence-electron chi connectivity index (χ3n) is 4.77. The van der Waals surface area contributed by atoms with Crippen LogP contribution < -0.4 is 0 Å². The van der Waals surface area contributed by atoms with E-state index in [0.29, 0.717) is 18.7 Å². The molecule has 0 aromatic heterocycles. The summed E-state index contributed by atoms with van der Waals surface area (Å²) in [6, 6.07) is 8.58. The molecule has 0 unspecified atom stereocenters. The van der Waals surface area contributed by atoms with Crippen molar-refractivity contribution in [3.05, 3.63) is 63.9 Å². The predicted molar refractivity (Wildman–Crippen MR) is 104 cm³/mol. The van der Waals surface area contributed by atoms with Crippen molar-refractivity contribution in [3.63, 3.8) is 0 Å². The minimum atomic E-state index is -3.68. The van der Waals surface area contributed by atoms with Gasteiger partial charge in [-0.25, -0.2) is 17.6 Å². The van der Waals surface area contributed by atoms with Crippen LogP contribution in [0.25, 0.3) is 0 Å². The standard InChI is InChI=1S/C20H21ClFNO4S/c1-14-8-9-15(12-19(14)28(25,26)23-10-3-2-4-11-23)20(24)27-13-16-17(21)6-5-7-18(16)22/h5-9,12H,2-4,10-11,13H2,1H3. The summed E-state index contributed by atoms with van der Waals surface area (Å²) in [4.78, 5) is 12.5. The molecule has 0 aliphatic carbocycles. The summed E-state index contributed by atoms with van der Waals surface area (Å²) in [6.07, 6.45) is 2.66. The Balaban J connectivity index is 1.81. The van der Waals surface area contributed by atoms with E-state index in [-0.39, 0.29) is 27.7 Å². The van der Waals surface area contributed by atoms with Crippen LogP contribution in [0.4, 0.5) is 4.39 Å². The van der Waals surface area contributed by atoms with Crippen molar-refractivity contribution in [2.24, 2.45) is 0 Å². The Morgan fingerprint density at radius 1 is 1.18 bits per heavy atom. The molecule has 1 saturated heterocycles. The van der Waals surface area contributed by atoms with Crippen molar-refractivity contribution in [2.45, 2.75) is 37.7 Å². The third-order valence-corrected chi connectivity index (χ3v) is 7.16. The molecule has 0 saturated carbocycles. The zero-order valence-electron chi connectivity index (χ0n) is 15.5. The van der Waals surface area contributed by atoms with E-state index in [0.717, 1.165) is 19.3 Å². The molecule has 28 heavy (non-hydrogen) atoms. The highest BCUT2D eigenvalue weighted by atomic mass is 35.5.